The van der Waals surface area contributed by atoms with Gasteiger partial charge in [0.25, 0.3) is 0 Å². The van der Waals surface area contributed by atoms with Gasteiger partial charge in [-0.1, -0.05) is 15.9 Å². The average Bonchev–Trinajstić information content (AvgIpc) is 2.47. The molecule has 0 saturated carbocycles. The Labute approximate surface area is 172 Å². The van der Waals surface area contributed by atoms with Gasteiger partial charge in [-0.2, -0.15) is 26.3 Å². The molecule has 152 valence electrons. The monoisotopic (exact) mass is 594 g/mol. The first-order chi connectivity index (χ1) is 12.1. The molecule has 0 aromatic heterocycles. The van der Waals surface area contributed by atoms with E-state index in [2.05, 4.69) is 57.3 Å². The Hall–Kier alpha value is -0.860. The number of carbonyl (C=O) groups excluding carboxylic acids is 2. The molecule has 1 N–H and O–H groups in total. The van der Waals surface area contributed by atoms with Crippen molar-refractivity contribution in [3.8, 4) is 0 Å². The van der Waals surface area contributed by atoms with Crippen molar-refractivity contribution in [2.45, 2.75) is 18.0 Å². The van der Waals surface area contributed by atoms with E-state index in [1.807, 2.05) is 0 Å². The molecular weight excluding hydrogens is 590 g/mol. The lowest BCUT2D eigenvalue weighted by Gasteiger charge is -2.29. The van der Waals surface area contributed by atoms with E-state index in [0.29, 0.717) is 4.47 Å². The summed E-state index contributed by atoms with van der Waals surface area (Å²) in [6.45, 7) is -2.00. The molecule has 0 amide bonds. The summed E-state index contributed by atoms with van der Waals surface area (Å²) in [4.78, 5) is 23.1. The first kappa shape index (κ1) is 24.2. The van der Waals surface area contributed by atoms with Crippen LogP contribution < -0.4 is 0 Å². The minimum absolute atomic E-state index is 0.0217. The summed E-state index contributed by atoms with van der Waals surface area (Å²) in [5.41, 5.74) is -5.71. The molecule has 0 unspecified atom stereocenters. The molecule has 0 saturated heterocycles. The molecule has 27 heavy (non-hydrogen) atoms. The zero-order chi connectivity index (χ0) is 21.2. The Morgan fingerprint density at radius 1 is 0.889 bits per heavy atom. The Balaban J connectivity index is 2.74. The van der Waals surface area contributed by atoms with Gasteiger partial charge in [0.15, 0.2) is 0 Å². The zero-order valence-electron chi connectivity index (χ0n) is 12.6. The van der Waals surface area contributed by atoms with E-state index in [1.54, 1.807) is 0 Å². The van der Waals surface area contributed by atoms with Crippen LogP contribution >= 0.6 is 47.8 Å². The lowest BCUT2D eigenvalue weighted by Crippen LogP contribution is -2.63. The second-order valence-electron chi connectivity index (χ2n) is 4.72. The highest BCUT2D eigenvalue weighted by Gasteiger charge is 2.76. The van der Waals surface area contributed by atoms with Crippen LogP contribution in [0.25, 0.3) is 0 Å². The van der Waals surface area contributed by atoms with Crippen molar-refractivity contribution in [2.75, 3.05) is 13.2 Å². The molecule has 0 bridgehead atoms. The highest BCUT2D eigenvalue weighted by atomic mass is 79.9. The summed E-state index contributed by atoms with van der Waals surface area (Å²) in [5.74, 6) is -3.98. The number of benzene rings is 1. The van der Waals surface area contributed by atoms with Crippen LogP contribution in [0.5, 0.6) is 0 Å². The number of halogens is 9. The number of carbonyl (C=O) groups is 2. The maximum Gasteiger partial charge on any atom is 0.437 e. The van der Waals surface area contributed by atoms with Crippen molar-refractivity contribution < 1.29 is 50.5 Å². The van der Waals surface area contributed by atoms with Crippen molar-refractivity contribution >= 4 is 59.7 Å². The van der Waals surface area contributed by atoms with Crippen molar-refractivity contribution in [3.05, 3.63) is 31.1 Å². The van der Waals surface area contributed by atoms with Gasteiger partial charge >= 0.3 is 29.9 Å². The van der Waals surface area contributed by atoms with E-state index in [-0.39, 0.29) is 14.5 Å². The molecule has 1 rings (SSSR count). The Kier molecular flexibility index (Phi) is 7.75. The summed E-state index contributed by atoms with van der Waals surface area (Å²) in [6, 6.07) is 2.96. The minimum Gasteiger partial charge on any atom is -0.459 e. The maximum atomic E-state index is 12.5. The predicted octanol–water partition coefficient (Wildman–Crippen LogP) is 4.53. The van der Waals surface area contributed by atoms with Gasteiger partial charge in [0.2, 0.25) is 0 Å². The first-order valence-corrected chi connectivity index (χ1v) is 8.85. The minimum atomic E-state index is -6.35. The average molecular weight is 597 g/mol. The van der Waals surface area contributed by atoms with Crippen LogP contribution in [0.3, 0.4) is 0 Å². The summed E-state index contributed by atoms with van der Waals surface area (Å²) < 4.78 is 84.3. The van der Waals surface area contributed by atoms with Crippen LogP contribution in [-0.2, 0) is 14.3 Å². The van der Waals surface area contributed by atoms with Crippen LogP contribution in [0.2, 0.25) is 0 Å². The number of ether oxygens (including phenoxy) is 2. The molecule has 0 aliphatic heterocycles. The molecular formula is C13H7Br3F6O5. The smallest absolute Gasteiger partial charge is 0.437 e. The van der Waals surface area contributed by atoms with Gasteiger partial charge in [0.05, 0.1) is 5.56 Å². The van der Waals surface area contributed by atoms with Crippen LogP contribution in [0, 0.1) is 0 Å². The SMILES string of the molecule is O=C(OCCOC(=O)C(O)(C(F)(F)F)C(F)(F)F)c1c(Br)cc(Br)cc1Br. The maximum absolute atomic E-state index is 12.5. The predicted molar refractivity (Wildman–Crippen MR) is 87.8 cm³/mol. The van der Waals surface area contributed by atoms with E-state index in [4.69, 9.17) is 5.11 Å². The Morgan fingerprint density at radius 3 is 1.70 bits per heavy atom. The molecule has 0 heterocycles. The van der Waals surface area contributed by atoms with E-state index in [9.17, 15) is 35.9 Å². The normalized spacial score (nSPS) is 12.7. The zero-order valence-corrected chi connectivity index (χ0v) is 17.3. The van der Waals surface area contributed by atoms with Gasteiger partial charge in [-0.05, 0) is 44.0 Å². The third-order valence-electron chi connectivity index (χ3n) is 2.88. The molecule has 0 aliphatic carbocycles. The summed E-state index contributed by atoms with van der Waals surface area (Å²) in [7, 11) is 0. The van der Waals surface area contributed by atoms with Crippen LogP contribution in [0.15, 0.2) is 25.6 Å². The van der Waals surface area contributed by atoms with Crippen molar-refractivity contribution in [1.82, 2.24) is 0 Å². The molecule has 0 spiro atoms. The van der Waals surface area contributed by atoms with E-state index in [1.165, 1.54) is 12.1 Å². The van der Waals surface area contributed by atoms with E-state index in [0.717, 1.165) is 0 Å². The highest BCUT2D eigenvalue weighted by molar-refractivity contribution is 9.11. The molecule has 1 aromatic rings. The lowest BCUT2D eigenvalue weighted by atomic mass is 10.0. The van der Waals surface area contributed by atoms with E-state index < -0.39 is 43.1 Å². The lowest BCUT2D eigenvalue weighted by molar-refractivity contribution is -0.357. The fraction of sp³-hybridized carbons (Fsp3) is 0.385. The van der Waals surface area contributed by atoms with Gasteiger partial charge in [-0.25, -0.2) is 9.59 Å². The fourth-order valence-electron chi connectivity index (χ4n) is 1.57. The van der Waals surface area contributed by atoms with Crippen LogP contribution in [0.4, 0.5) is 26.3 Å². The molecule has 0 atom stereocenters. The van der Waals surface area contributed by atoms with Crippen molar-refractivity contribution in [2.24, 2.45) is 0 Å². The third kappa shape index (κ3) is 5.35. The summed E-state index contributed by atoms with van der Waals surface area (Å²) >= 11 is 9.29. The second kappa shape index (κ2) is 8.66. The highest BCUT2D eigenvalue weighted by Crippen LogP contribution is 2.43. The van der Waals surface area contributed by atoms with Crippen LogP contribution in [-0.4, -0.2) is 48.2 Å². The molecule has 5 nitrogen and oxygen atoms in total. The summed E-state index contributed by atoms with van der Waals surface area (Å²) in [6.07, 6.45) is -12.7. The molecule has 14 heteroatoms. The van der Waals surface area contributed by atoms with Gasteiger partial charge < -0.3 is 14.6 Å². The Morgan fingerprint density at radius 2 is 1.30 bits per heavy atom. The van der Waals surface area contributed by atoms with Gasteiger partial charge in [-0.3, -0.25) is 0 Å². The fourth-order valence-corrected chi connectivity index (χ4v) is 4.16. The standard InChI is InChI=1S/C13H7Br3F6O5/c14-5-3-6(15)8(7(16)4-5)9(23)26-1-2-27-10(24)11(25,12(17,18)19)13(20,21)22/h3-4,25H,1-2H2. The number of esters is 2. The van der Waals surface area contributed by atoms with Gasteiger partial charge in [0, 0.05) is 13.4 Å². The van der Waals surface area contributed by atoms with Gasteiger partial charge in [0.1, 0.15) is 13.2 Å². The quantitative estimate of drug-likeness (QED) is 0.307. The van der Waals surface area contributed by atoms with Crippen LogP contribution in [0.1, 0.15) is 10.4 Å². The number of rotatable bonds is 5. The Bertz CT molecular complexity index is 697. The van der Waals surface area contributed by atoms with Crippen molar-refractivity contribution in [1.29, 1.82) is 0 Å². The number of hydrogen-bond acceptors (Lipinski definition) is 5. The van der Waals surface area contributed by atoms with E-state index >= 15 is 0 Å². The number of hydrogen-bond donors (Lipinski definition) is 1. The number of aliphatic hydroxyl groups is 1. The molecule has 0 radical (unpaired) electrons. The molecule has 0 aliphatic rings. The number of alkyl halides is 6. The van der Waals surface area contributed by atoms with Gasteiger partial charge in [-0.15, -0.1) is 0 Å². The van der Waals surface area contributed by atoms with Crippen molar-refractivity contribution in [3.63, 3.8) is 0 Å². The topological polar surface area (TPSA) is 72.8 Å². The first-order valence-electron chi connectivity index (χ1n) is 6.47. The summed E-state index contributed by atoms with van der Waals surface area (Å²) in [5, 5.41) is 8.79. The second-order valence-corrected chi connectivity index (χ2v) is 7.35. The molecule has 1 aromatic carbocycles. The largest absolute Gasteiger partial charge is 0.459 e. The third-order valence-corrected chi connectivity index (χ3v) is 4.59. The molecule has 0 fully saturated rings.